The number of benzene rings is 3. The number of amidine groups is 1. The van der Waals surface area contributed by atoms with Crippen LogP contribution in [0.4, 0.5) is 5.69 Å². The molecule has 3 heteroatoms. The Hall–Kier alpha value is -3.07. The molecule has 0 unspecified atom stereocenters. The fourth-order valence-electron chi connectivity index (χ4n) is 3.18. The van der Waals surface area contributed by atoms with E-state index < -0.39 is 0 Å². The van der Waals surface area contributed by atoms with Crippen molar-refractivity contribution in [3.63, 3.8) is 0 Å². The third kappa shape index (κ3) is 3.77. The maximum atomic E-state index is 13.0. The molecule has 0 aliphatic heterocycles. The summed E-state index contributed by atoms with van der Waals surface area (Å²) in [6.45, 7) is 3.95. The maximum Gasteiger partial charge on any atom is 0.0795 e. The molecule has 3 aromatic carbocycles. The van der Waals surface area contributed by atoms with Gasteiger partial charge in [-0.05, 0) is 36.1 Å². The number of para-hydroxylation sites is 1. The molecular weight excluding hydrogens is 320 g/mol. The zero-order valence-electron chi connectivity index (χ0n) is 15.4. The molecule has 3 nitrogen and oxygen atoms in total. The van der Waals surface area contributed by atoms with Gasteiger partial charge >= 0.3 is 0 Å². The number of hydrogen-bond donors (Lipinski definition) is 0. The fourth-order valence-corrected chi connectivity index (χ4v) is 3.18. The minimum atomic E-state index is -0.250. The van der Waals surface area contributed by atoms with Crippen molar-refractivity contribution in [2.45, 2.75) is 19.9 Å². The second kappa shape index (κ2) is 7.87. The third-order valence-electron chi connectivity index (χ3n) is 4.57. The highest BCUT2D eigenvalue weighted by molar-refractivity contribution is 5.75. The topological polar surface area (TPSA) is 38.7 Å². The highest BCUT2D eigenvalue weighted by Gasteiger charge is 2.18. The van der Waals surface area contributed by atoms with E-state index in [9.17, 15) is 5.11 Å². The van der Waals surface area contributed by atoms with Crippen molar-refractivity contribution in [1.29, 1.82) is 0 Å². The first-order valence-corrected chi connectivity index (χ1v) is 8.72. The lowest BCUT2D eigenvalue weighted by Gasteiger charge is -2.34. The third-order valence-corrected chi connectivity index (χ3v) is 4.57. The van der Waals surface area contributed by atoms with E-state index in [-0.39, 0.29) is 12.1 Å². The molecule has 0 saturated heterocycles. The van der Waals surface area contributed by atoms with Crippen LogP contribution < -0.4 is 5.11 Å². The lowest BCUT2D eigenvalue weighted by molar-refractivity contribution is -0.235. The van der Waals surface area contributed by atoms with Gasteiger partial charge in [0, 0.05) is 7.05 Å². The molecule has 0 aromatic heterocycles. The average molecular weight is 343 g/mol. The van der Waals surface area contributed by atoms with Crippen LogP contribution in [0.5, 0.6) is 0 Å². The van der Waals surface area contributed by atoms with E-state index in [1.54, 1.807) is 4.90 Å². The maximum absolute atomic E-state index is 13.0. The van der Waals surface area contributed by atoms with Crippen LogP contribution >= 0.6 is 0 Å². The van der Waals surface area contributed by atoms with E-state index in [0.29, 0.717) is 0 Å². The Morgan fingerprint density at radius 3 is 1.69 bits per heavy atom. The van der Waals surface area contributed by atoms with E-state index >= 15 is 0 Å². The van der Waals surface area contributed by atoms with Gasteiger partial charge in [0.15, 0.2) is 0 Å². The molecule has 0 spiro atoms. The van der Waals surface area contributed by atoms with E-state index in [1.807, 2.05) is 99.8 Å². The molecule has 0 aliphatic rings. The Morgan fingerprint density at radius 1 is 0.769 bits per heavy atom. The van der Waals surface area contributed by atoms with Crippen LogP contribution in [-0.2, 0) is 0 Å². The molecule has 0 N–H and O–H groups in total. The summed E-state index contributed by atoms with van der Waals surface area (Å²) in [5.74, 6) is 0. The Bertz CT molecular complexity index is 829. The monoisotopic (exact) mass is 343 g/mol. The molecule has 0 heterocycles. The zero-order valence-corrected chi connectivity index (χ0v) is 15.4. The Labute approximate surface area is 155 Å². The molecule has 0 amide bonds. The minimum Gasteiger partial charge on any atom is -0.846 e. The number of rotatable bonds is 4. The summed E-state index contributed by atoms with van der Waals surface area (Å²) < 4.78 is 0. The van der Waals surface area contributed by atoms with Crippen molar-refractivity contribution in [1.82, 2.24) is 4.90 Å². The second-order valence-electron chi connectivity index (χ2n) is 6.47. The molecular formula is C23H23N2O-. The molecule has 0 saturated carbocycles. The predicted octanol–water partition coefficient (Wildman–Crippen LogP) is 4.37. The van der Waals surface area contributed by atoms with Crippen LogP contribution in [0.1, 0.15) is 28.3 Å². The second-order valence-corrected chi connectivity index (χ2v) is 6.47. The lowest BCUT2D eigenvalue weighted by Crippen LogP contribution is -2.40. The molecule has 26 heavy (non-hydrogen) atoms. The first-order valence-electron chi connectivity index (χ1n) is 8.72. The lowest BCUT2D eigenvalue weighted by atomic mass is 9.98. The zero-order chi connectivity index (χ0) is 18.5. The standard InChI is InChI=1S/C23H24N2O/c1-17-11-10-12-18(2)21(17)24-23(26)25(3)22(19-13-6-4-7-14-19)20-15-8-5-9-16-20/h4-16,22H,1-3H3,(H,24,26)/p-1. The van der Waals surface area contributed by atoms with Crippen LogP contribution in [0.25, 0.3) is 0 Å². The van der Waals surface area contributed by atoms with Gasteiger partial charge in [0.25, 0.3) is 0 Å². The first kappa shape index (κ1) is 17.7. The summed E-state index contributed by atoms with van der Waals surface area (Å²) in [6, 6.07) is 25.6. The van der Waals surface area contributed by atoms with Crippen LogP contribution in [0.15, 0.2) is 83.9 Å². The largest absolute Gasteiger partial charge is 0.846 e. The van der Waals surface area contributed by atoms with Gasteiger partial charge in [-0.15, -0.1) is 0 Å². The Morgan fingerprint density at radius 2 is 1.23 bits per heavy atom. The van der Waals surface area contributed by atoms with Crippen molar-refractivity contribution in [3.8, 4) is 0 Å². The molecule has 3 rings (SSSR count). The van der Waals surface area contributed by atoms with Crippen LogP contribution in [0.3, 0.4) is 0 Å². The SMILES string of the molecule is Cc1cccc(C)c1N=C([O-])N(C)C(c1ccccc1)c1ccccc1. The highest BCUT2D eigenvalue weighted by atomic mass is 16.3. The number of aliphatic imine (C=N–C) groups is 1. The quantitative estimate of drug-likeness (QED) is 0.521. The fraction of sp³-hybridized carbons (Fsp3) is 0.174. The summed E-state index contributed by atoms with van der Waals surface area (Å²) in [7, 11) is 1.81. The number of nitrogens with zero attached hydrogens (tertiary/aromatic N) is 2. The molecule has 3 aromatic rings. The summed E-state index contributed by atoms with van der Waals surface area (Å²) in [5, 5.41) is 13.0. The normalized spacial score (nSPS) is 11.6. The summed E-state index contributed by atoms with van der Waals surface area (Å²) >= 11 is 0. The van der Waals surface area contributed by atoms with Gasteiger partial charge in [-0.25, -0.2) is 4.99 Å². The molecule has 0 radical (unpaired) electrons. The van der Waals surface area contributed by atoms with Crippen LogP contribution in [-0.4, -0.2) is 18.0 Å². The molecule has 132 valence electrons. The Kier molecular flexibility index (Phi) is 5.37. The van der Waals surface area contributed by atoms with Gasteiger partial charge in [-0.1, -0.05) is 78.9 Å². The van der Waals surface area contributed by atoms with E-state index in [2.05, 4.69) is 4.99 Å². The van der Waals surface area contributed by atoms with Gasteiger partial charge < -0.3 is 10.0 Å². The number of hydrogen-bond acceptors (Lipinski definition) is 2. The summed E-state index contributed by atoms with van der Waals surface area (Å²) in [6.07, 6.45) is 0. The van der Waals surface area contributed by atoms with Gasteiger partial charge in [0.2, 0.25) is 0 Å². The van der Waals surface area contributed by atoms with Crippen molar-refractivity contribution < 1.29 is 5.11 Å². The van der Waals surface area contributed by atoms with Crippen molar-refractivity contribution >= 4 is 11.7 Å². The first-order chi connectivity index (χ1) is 12.6. The van der Waals surface area contributed by atoms with Crippen LogP contribution in [0, 0.1) is 13.8 Å². The van der Waals surface area contributed by atoms with Crippen molar-refractivity contribution in [2.24, 2.45) is 4.99 Å². The van der Waals surface area contributed by atoms with E-state index in [4.69, 9.17) is 0 Å². The number of aryl methyl sites for hydroxylation is 2. The van der Waals surface area contributed by atoms with Gasteiger partial charge in [-0.2, -0.15) is 0 Å². The molecule has 0 aliphatic carbocycles. The predicted molar refractivity (Wildman–Crippen MR) is 106 cm³/mol. The van der Waals surface area contributed by atoms with Gasteiger partial charge in [-0.3, -0.25) is 0 Å². The van der Waals surface area contributed by atoms with Crippen molar-refractivity contribution in [2.75, 3.05) is 7.05 Å². The average Bonchev–Trinajstić information content (AvgIpc) is 2.66. The minimum absolute atomic E-state index is 0.182. The summed E-state index contributed by atoms with van der Waals surface area (Å²) in [4.78, 5) is 6.12. The van der Waals surface area contributed by atoms with Crippen molar-refractivity contribution in [3.05, 3.63) is 101 Å². The van der Waals surface area contributed by atoms with Gasteiger partial charge in [0.05, 0.1) is 17.8 Å². The highest BCUT2D eigenvalue weighted by Crippen LogP contribution is 2.29. The Balaban J connectivity index is 2.03. The molecule has 0 atom stereocenters. The van der Waals surface area contributed by atoms with Gasteiger partial charge in [0.1, 0.15) is 0 Å². The van der Waals surface area contributed by atoms with Crippen LogP contribution in [0.2, 0.25) is 0 Å². The summed E-state index contributed by atoms with van der Waals surface area (Å²) in [5.41, 5.74) is 4.88. The smallest absolute Gasteiger partial charge is 0.0795 e. The van der Waals surface area contributed by atoms with E-state index in [1.165, 1.54) is 0 Å². The molecule has 0 fully saturated rings. The van der Waals surface area contributed by atoms with E-state index in [0.717, 1.165) is 27.9 Å². The molecule has 0 bridgehead atoms.